The lowest BCUT2D eigenvalue weighted by atomic mass is 9.99. The number of hydrogen-bond donors (Lipinski definition) is 0. The molecule has 0 radical (unpaired) electrons. The molecule has 0 spiro atoms. The molecular formula is C13H17NO. The molecule has 0 unspecified atom stereocenters. The maximum atomic E-state index is 4.98. The molecule has 0 amide bonds. The third-order valence-electron chi connectivity index (χ3n) is 2.73. The van der Waals surface area contributed by atoms with Crippen LogP contribution in [0.2, 0.25) is 0 Å². The SMILES string of the molecule is CC(C)c1ccc(CC2=NOCC2)cc1. The Kier molecular flexibility index (Phi) is 3.05. The van der Waals surface area contributed by atoms with E-state index in [2.05, 4.69) is 43.3 Å². The van der Waals surface area contributed by atoms with Crippen LogP contribution in [0.3, 0.4) is 0 Å². The number of benzene rings is 1. The minimum Gasteiger partial charge on any atom is -0.395 e. The van der Waals surface area contributed by atoms with Crippen LogP contribution in [-0.4, -0.2) is 12.3 Å². The fourth-order valence-corrected chi connectivity index (χ4v) is 1.72. The Morgan fingerprint density at radius 2 is 2.00 bits per heavy atom. The van der Waals surface area contributed by atoms with Gasteiger partial charge in [-0.3, -0.25) is 0 Å². The monoisotopic (exact) mass is 203 g/mol. The molecule has 15 heavy (non-hydrogen) atoms. The fourth-order valence-electron chi connectivity index (χ4n) is 1.72. The van der Waals surface area contributed by atoms with Crippen molar-refractivity contribution in [1.29, 1.82) is 0 Å². The van der Waals surface area contributed by atoms with Gasteiger partial charge in [-0.15, -0.1) is 0 Å². The van der Waals surface area contributed by atoms with Crippen LogP contribution in [0, 0.1) is 0 Å². The second-order valence-corrected chi connectivity index (χ2v) is 4.31. The molecule has 2 rings (SSSR count). The summed E-state index contributed by atoms with van der Waals surface area (Å²) in [5.74, 6) is 0.603. The van der Waals surface area contributed by atoms with Crippen LogP contribution < -0.4 is 0 Å². The van der Waals surface area contributed by atoms with Crippen molar-refractivity contribution in [3.05, 3.63) is 35.4 Å². The molecule has 0 N–H and O–H groups in total. The fraction of sp³-hybridized carbons (Fsp3) is 0.462. The lowest BCUT2D eigenvalue weighted by molar-refractivity contribution is 0.173. The zero-order valence-corrected chi connectivity index (χ0v) is 9.36. The van der Waals surface area contributed by atoms with E-state index in [0.29, 0.717) is 5.92 Å². The van der Waals surface area contributed by atoms with E-state index >= 15 is 0 Å². The van der Waals surface area contributed by atoms with Crippen LogP contribution in [0.1, 0.15) is 37.3 Å². The molecule has 2 nitrogen and oxygen atoms in total. The van der Waals surface area contributed by atoms with Crippen molar-refractivity contribution in [3.63, 3.8) is 0 Å². The van der Waals surface area contributed by atoms with Crippen molar-refractivity contribution in [3.8, 4) is 0 Å². The summed E-state index contributed by atoms with van der Waals surface area (Å²) in [6.07, 6.45) is 1.91. The average molecular weight is 203 g/mol. The zero-order valence-electron chi connectivity index (χ0n) is 9.36. The standard InChI is InChI=1S/C13H17NO/c1-10(2)12-5-3-11(4-6-12)9-13-7-8-15-14-13/h3-6,10H,7-9H2,1-2H3. The van der Waals surface area contributed by atoms with E-state index in [1.807, 2.05) is 0 Å². The Balaban J connectivity index is 2.03. The minimum atomic E-state index is 0.603. The largest absolute Gasteiger partial charge is 0.395 e. The summed E-state index contributed by atoms with van der Waals surface area (Å²) in [5.41, 5.74) is 3.87. The second-order valence-electron chi connectivity index (χ2n) is 4.31. The molecule has 0 atom stereocenters. The van der Waals surface area contributed by atoms with Gasteiger partial charge in [-0.05, 0) is 17.0 Å². The highest BCUT2D eigenvalue weighted by molar-refractivity contribution is 5.87. The normalized spacial score (nSPS) is 15.3. The number of nitrogens with zero attached hydrogens (tertiary/aromatic N) is 1. The minimum absolute atomic E-state index is 0.603. The predicted octanol–water partition coefficient (Wildman–Crippen LogP) is 3.13. The molecule has 1 aliphatic rings. The number of rotatable bonds is 3. The van der Waals surface area contributed by atoms with Gasteiger partial charge in [-0.1, -0.05) is 43.3 Å². The molecule has 0 saturated carbocycles. The lowest BCUT2D eigenvalue weighted by Crippen LogP contribution is -2.00. The second kappa shape index (κ2) is 4.47. The summed E-state index contributed by atoms with van der Waals surface area (Å²) in [6, 6.07) is 8.79. The first kappa shape index (κ1) is 10.2. The smallest absolute Gasteiger partial charge is 0.122 e. The quantitative estimate of drug-likeness (QED) is 0.739. The Morgan fingerprint density at radius 1 is 1.27 bits per heavy atom. The first-order valence-electron chi connectivity index (χ1n) is 5.52. The highest BCUT2D eigenvalue weighted by Gasteiger charge is 2.08. The van der Waals surface area contributed by atoms with Gasteiger partial charge in [-0.25, -0.2) is 0 Å². The molecule has 0 saturated heterocycles. The van der Waals surface area contributed by atoms with Gasteiger partial charge in [0.1, 0.15) is 6.61 Å². The molecule has 1 aromatic carbocycles. The summed E-state index contributed by atoms with van der Waals surface area (Å²) in [5, 5.41) is 4.01. The Morgan fingerprint density at radius 3 is 2.53 bits per heavy atom. The maximum absolute atomic E-state index is 4.98. The topological polar surface area (TPSA) is 21.6 Å². The van der Waals surface area contributed by atoms with Gasteiger partial charge < -0.3 is 4.84 Å². The van der Waals surface area contributed by atoms with Crippen molar-refractivity contribution < 1.29 is 4.84 Å². The van der Waals surface area contributed by atoms with Crippen LogP contribution in [0.5, 0.6) is 0 Å². The van der Waals surface area contributed by atoms with Crippen LogP contribution in [0.25, 0.3) is 0 Å². The van der Waals surface area contributed by atoms with Gasteiger partial charge in [0.15, 0.2) is 0 Å². The van der Waals surface area contributed by atoms with Gasteiger partial charge in [0.2, 0.25) is 0 Å². The predicted molar refractivity (Wildman–Crippen MR) is 62.2 cm³/mol. The highest BCUT2D eigenvalue weighted by Crippen LogP contribution is 2.16. The van der Waals surface area contributed by atoms with Crippen molar-refractivity contribution in [2.45, 2.75) is 32.6 Å². The van der Waals surface area contributed by atoms with E-state index in [1.54, 1.807) is 0 Å². The highest BCUT2D eigenvalue weighted by atomic mass is 16.6. The van der Waals surface area contributed by atoms with Crippen molar-refractivity contribution >= 4 is 5.71 Å². The lowest BCUT2D eigenvalue weighted by Gasteiger charge is -2.06. The van der Waals surface area contributed by atoms with E-state index in [1.165, 1.54) is 11.1 Å². The van der Waals surface area contributed by atoms with Crippen LogP contribution in [-0.2, 0) is 11.3 Å². The molecule has 1 aromatic rings. The molecule has 2 heteroatoms. The van der Waals surface area contributed by atoms with Gasteiger partial charge >= 0.3 is 0 Å². The van der Waals surface area contributed by atoms with E-state index in [-0.39, 0.29) is 0 Å². The molecule has 0 fully saturated rings. The summed E-state index contributed by atoms with van der Waals surface area (Å²) < 4.78 is 0. The van der Waals surface area contributed by atoms with E-state index in [0.717, 1.165) is 25.2 Å². The van der Waals surface area contributed by atoms with Crippen molar-refractivity contribution in [2.24, 2.45) is 5.16 Å². The van der Waals surface area contributed by atoms with E-state index in [4.69, 9.17) is 4.84 Å². The molecule has 80 valence electrons. The Bertz CT molecular complexity index is 351. The van der Waals surface area contributed by atoms with Crippen LogP contribution in [0.15, 0.2) is 29.4 Å². The molecule has 0 aromatic heterocycles. The molecule has 1 heterocycles. The van der Waals surface area contributed by atoms with Gasteiger partial charge in [0.25, 0.3) is 0 Å². The Labute approximate surface area is 90.9 Å². The number of hydrogen-bond acceptors (Lipinski definition) is 2. The molecule has 0 aliphatic carbocycles. The van der Waals surface area contributed by atoms with E-state index < -0.39 is 0 Å². The van der Waals surface area contributed by atoms with Gasteiger partial charge in [-0.2, -0.15) is 0 Å². The summed E-state index contributed by atoms with van der Waals surface area (Å²) in [7, 11) is 0. The first-order valence-corrected chi connectivity index (χ1v) is 5.52. The van der Waals surface area contributed by atoms with Gasteiger partial charge in [0, 0.05) is 12.8 Å². The zero-order chi connectivity index (χ0) is 10.7. The average Bonchev–Trinajstić information content (AvgIpc) is 2.71. The van der Waals surface area contributed by atoms with Crippen LogP contribution in [0.4, 0.5) is 0 Å². The first-order chi connectivity index (χ1) is 7.25. The third kappa shape index (κ3) is 2.58. The van der Waals surface area contributed by atoms with E-state index in [9.17, 15) is 0 Å². The molecule has 1 aliphatic heterocycles. The summed E-state index contributed by atoms with van der Waals surface area (Å²) in [4.78, 5) is 4.98. The van der Waals surface area contributed by atoms with Crippen LogP contribution >= 0.6 is 0 Å². The molecule has 0 bridgehead atoms. The van der Waals surface area contributed by atoms with Gasteiger partial charge in [0.05, 0.1) is 5.71 Å². The van der Waals surface area contributed by atoms with Crippen molar-refractivity contribution in [2.75, 3.05) is 6.61 Å². The number of oxime groups is 1. The third-order valence-corrected chi connectivity index (χ3v) is 2.73. The maximum Gasteiger partial charge on any atom is 0.122 e. The molecular weight excluding hydrogens is 186 g/mol. The Hall–Kier alpha value is -1.31. The van der Waals surface area contributed by atoms with Crippen molar-refractivity contribution in [1.82, 2.24) is 0 Å². The summed E-state index contributed by atoms with van der Waals surface area (Å²) >= 11 is 0. The summed E-state index contributed by atoms with van der Waals surface area (Å²) in [6.45, 7) is 5.17.